The van der Waals surface area contributed by atoms with E-state index in [4.69, 9.17) is 5.73 Å². The first kappa shape index (κ1) is 11.5. The molecule has 2 heterocycles. The highest BCUT2D eigenvalue weighted by Crippen LogP contribution is 2.10. The lowest BCUT2D eigenvalue weighted by molar-refractivity contribution is 0.800. The van der Waals surface area contributed by atoms with Crippen LogP contribution in [0.5, 0.6) is 0 Å². The number of para-hydroxylation sites is 1. The number of nitrogens with one attached hydrogen (secondary N) is 1. The van der Waals surface area contributed by atoms with Gasteiger partial charge < -0.3 is 11.1 Å². The van der Waals surface area contributed by atoms with E-state index in [0.717, 1.165) is 6.54 Å². The molecule has 3 N–H and O–H groups in total. The molecule has 0 amide bonds. The van der Waals surface area contributed by atoms with E-state index in [0.29, 0.717) is 29.4 Å². The van der Waals surface area contributed by atoms with Gasteiger partial charge in [-0.1, -0.05) is 18.2 Å². The standard InChI is InChI=1S/C13H13N5O/c14-10-8-11(19)18(9-4-2-1-3-5-9)17-12(10)13-15-6-7-16-13/h1-5,8H,6-7,14H2,(H,15,16). The van der Waals surface area contributed by atoms with Crippen molar-refractivity contribution in [3.8, 4) is 5.69 Å². The van der Waals surface area contributed by atoms with Gasteiger partial charge in [0.1, 0.15) is 5.69 Å². The van der Waals surface area contributed by atoms with Gasteiger partial charge in [-0.15, -0.1) is 0 Å². The Labute approximate surface area is 109 Å². The zero-order valence-electron chi connectivity index (χ0n) is 10.2. The summed E-state index contributed by atoms with van der Waals surface area (Å²) in [6, 6.07) is 10.6. The fraction of sp³-hybridized carbons (Fsp3) is 0.154. The summed E-state index contributed by atoms with van der Waals surface area (Å²) in [5.41, 5.74) is 7.15. The fourth-order valence-electron chi connectivity index (χ4n) is 1.96. The Morgan fingerprint density at radius 1 is 1.26 bits per heavy atom. The molecule has 0 aliphatic carbocycles. The van der Waals surface area contributed by atoms with Crippen LogP contribution in [-0.4, -0.2) is 28.7 Å². The van der Waals surface area contributed by atoms with E-state index in [2.05, 4.69) is 15.4 Å². The minimum atomic E-state index is -0.258. The summed E-state index contributed by atoms with van der Waals surface area (Å²) < 4.78 is 1.33. The highest BCUT2D eigenvalue weighted by molar-refractivity contribution is 6.01. The molecule has 0 bridgehead atoms. The number of rotatable bonds is 2. The second kappa shape index (κ2) is 4.56. The van der Waals surface area contributed by atoms with Gasteiger partial charge in [0.25, 0.3) is 5.56 Å². The van der Waals surface area contributed by atoms with Crippen LogP contribution in [0.4, 0.5) is 5.69 Å². The smallest absolute Gasteiger partial charge is 0.273 e. The van der Waals surface area contributed by atoms with E-state index >= 15 is 0 Å². The Morgan fingerprint density at radius 2 is 2.05 bits per heavy atom. The van der Waals surface area contributed by atoms with Gasteiger partial charge in [-0.3, -0.25) is 9.79 Å². The lowest BCUT2D eigenvalue weighted by Gasteiger charge is -2.09. The Bertz CT molecular complexity index is 690. The molecule has 0 spiro atoms. The van der Waals surface area contributed by atoms with Gasteiger partial charge >= 0.3 is 0 Å². The summed E-state index contributed by atoms with van der Waals surface area (Å²) in [6.45, 7) is 1.46. The second-order valence-electron chi connectivity index (χ2n) is 4.19. The number of hydrogen-bond acceptors (Lipinski definition) is 5. The first-order chi connectivity index (χ1) is 9.25. The largest absolute Gasteiger partial charge is 0.397 e. The quantitative estimate of drug-likeness (QED) is 0.800. The number of aromatic nitrogens is 2. The number of nitrogens with zero attached hydrogens (tertiary/aromatic N) is 3. The highest BCUT2D eigenvalue weighted by atomic mass is 16.1. The predicted octanol–water partition coefficient (Wildman–Crippen LogP) is 0.164. The molecule has 1 aliphatic heterocycles. The topological polar surface area (TPSA) is 85.3 Å². The molecule has 2 aromatic rings. The van der Waals surface area contributed by atoms with Crippen molar-refractivity contribution in [2.75, 3.05) is 18.8 Å². The number of nitrogen functional groups attached to an aromatic ring is 1. The maximum atomic E-state index is 12.0. The predicted molar refractivity (Wildman–Crippen MR) is 73.7 cm³/mol. The minimum absolute atomic E-state index is 0.258. The van der Waals surface area contributed by atoms with Crippen molar-refractivity contribution in [1.29, 1.82) is 0 Å². The number of nitrogens with two attached hydrogens (primary N) is 1. The molecule has 19 heavy (non-hydrogen) atoms. The van der Waals surface area contributed by atoms with Crippen LogP contribution in [0.3, 0.4) is 0 Å². The minimum Gasteiger partial charge on any atom is -0.397 e. The fourth-order valence-corrected chi connectivity index (χ4v) is 1.96. The van der Waals surface area contributed by atoms with Crippen LogP contribution in [0.25, 0.3) is 5.69 Å². The molecule has 0 saturated heterocycles. The van der Waals surface area contributed by atoms with E-state index < -0.39 is 0 Å². The third-order valence-corrected chi connectivity index (χ3v) is 2.86. The van der Waals surface area contributed by atoms with Crippen LogP contribution in [0.2, 0.25) is 0 Å². The monoisotopic (exact) mass is 255 g/mol. The zero-order chi connectivity index (χ0) is 13.2. The van der Waals surface area contributed by atoms with Gasteiger partial charge in [-0.05, 0) is 12.1 Å². The summed E-state index contributed by atoms with van der Waals surface area (Å²) in [5, 5.41) is 7.41. The molecule has 0 atom stereocenters. The lowest BCUT2D eigenvalue weighted by atomic mass is 10.3. The normalized spacial score (nSPS) is 14.0. The molecule has 0 unspecified atom stereocenters. The van der Waals surface area contributed by atoms with E-state index in [1.807, 2.05) is 30.3 Å². The molecular formula is C13H13N5O. The number of amidine groups is 1. The van der Waals surface area contributed by atoms with Crippen LogP contribution in [0, 0.1) is 0 Å². The third kappa shape index (κ3) is 2.08. The number of aliphatic imine (C=N–C) groups is 1. The molecular weight excluding hydrogens is 242 g/mol. The maximum absolute atomic E-state index is 12.0. The molecule has 1 aromatic carbocycles. The molecule has 6 heteroatoms. The van der Waals surface area contributed by atoms with Gasteiger partial charge in [0.05, 0.1) is 17.9 Å². The number of benzene rings is 1. The van der Waals surface area contributed by atoms with Gasteiger partial charge in [0.15, 0.2) is 5.84 Å². The lowest BCUT2D eigenvalue weighted by Crippen LogP contribution is -2.28. The summed E-state index contributed by atoms with van der Waals surface area (Å²) in [6.07, 6.45) is 0. The summed E-state index contributed by atoms with van der Waals surface area (Å²) in [5.74, 6) is 0.641. The van der Waals surface area contributed by atoms with Crippen molar-refractivity contribution in [1.82, 2.24) is 15.1 Å². The number of hydrogen-bond donors (Lipinski definition) is 2. The van der Waals surface area contributed by atoms with Crippen LogP contribution in [-0.2, 0) is 0 Å². The molecule has 1 aromatic heterocycles. The Morgan fingerprint density at radius 3 is 2.74 bits per heavy atom. The molecule has 0 radical (unpaired) electrons. The summed E-state index contributed by atoms with van der Waals surface area (Å²) in [7, 11) is 0. The first-order valence-electron chi connectivity index (χ1n) is 6.00. The van der Waals surface area contributed by atoms with Gasteiger partial charge in [-0.25, -0.2) is 0 Å². The summed E-state index contributed by atoms with van der Waals surface area (Å²) in [4.78, 5) is 16.2. The average molecular weight is 255 g/mol. The summed E-state index contributed by atoms with van der Waals surface area (Å²) >= 11 is 0. The van der Waals surface area contributed by atoms with Crippen LogP contribution < -0.4 is 16.6 Å². The molecule has 3 rings (SSSR count). The molecule has 1 aliphatic rings. The van der Waals surface area contributed by atoms with Crippen molar-refractivity contribution in [3.05, 3.63) is 52.4 Å². The number of anilines is 1. The molecule has 0 saturated carbocycles. The van der Waals surface area contributed by atoms with Crippen LogP contribution >= 0.6 is 0 Å². The van der Waals surface area contributed by atoms with Gasteiger partial charge in [0.2, 0.25) is 0 Å². The molecule has 6 nitrogen and oxygen atoms in total. The van der Waals surface area contributed by atoms with E-state index in [9.17, 15) is 4.79 Å². The Hall–Kier alpha value is -2.63. The molecule has 96 valence electrons. The van der Waals surface area contributed by atoms with E-state index in [1.54, 1.807) is 0 Å². The van der Waals surface area contributed by atoms with E-state index in [-0.39, 0.29) is 5.56 Å². The zero-order valence-corrected chi connectivity index (χ0v) is 10.2. The van der Waals surface area contributed by atoms with Crippen molar-refractivity contribution in [3.63, 3.8) is 0 Å². The second-order valence-corrected chi connectivity index (χ2v) is 4.19. The van der Waals surface area contributed by atoms with Crippen LogP contribution in [0.1, 0.15) is 5.69 Å². The third-order valence-electron chi connectivity index (χ3n) is 2.86. The average Bonchev–Trinajstić information content (AvgIpc) is 2.94. The Balaban J connectivity index is 2.16. The van der Waals surface area contributed by atoms with E-state index in [1.165, 1.54) is 10.7 Å². The van der Waals surface area contributed by atoms with Crippen molar-refractivity contribution in [2.45, 2.75) is 0 Å². The SMILES string of the molecule is Nc1cc(=O)n(-c2ccccc2)nc1C1=NCCN1. The van der Waals surface area contributed by atoms with Crippen LogP contribution in [0.15, 0.2) is 46.2 Å². The first-order valence-corrected chi connectivity index (χ1v) is 6.00. The van der Waals surface area contributed by atoms with Crippen molar-refractivity contribution >= 4 is 11.5 Å². The highest BCUT2D eigenvalue weighted by Gasteiger charge is 2.15. The maximum Gasteiger partial charge on any atom is 0.273 e. The Kier molecular flexibility index (Phi) is 2.75. The van der Waals surface area contributed by atoms with Gasteiger partial charge in [-0.2, -0.15) is 9.78 Å². The van der Waals surface area contributed by atoms with Crippen molar-refractivity contribution in [2.24, 2.45) is 4.99 Å². The van der Waals surface area contributed by atoms with Gasteiger partial charge in [0, 0.05) is 12.6 Å². The molecule has 0 fully saturated rings. The van der Waals surface area contributed by atoms with Crippen molar-refractivity contribution < 1.29 is 0 Å².